The Hall–Kier alpha value is -0.570. The molecule has 0 aromatic carbocycles. The third kappa shape index (κ3) is 3.01. The average Bonchev–Trinajstić information content (AvgIpc) is 2.75. The molecule has 2 N–H and O–H groups in total. The molecule has 1 aliphatic heterocycles. The van der Waals surface area contributed by atoms with Crippen molar-refractivity contribution >= 4 is 5.91 Å². The van der Waals surface area contributed by atoms with Crippen LogP contribution in [0.15, 0.2) is 0 Å². The zero-order valence-corrected chi connectivity index (χ0v) is 11.3. The van der Waals surface area contributed by atoms with Gasteiger partial charge in [-0.3, -0.25) is 4.79 Å². The highest BCUT2D eigenvalue weighted by Crippen LogP contribution is 2.38. The molecule has 98 valence electrons. The van der Waals surface area contributed by atoms with Crippen LogP contribution in [-0.2, 0) is 4.79 Å². The van der Waals surface area contributed by atoms with Crippen LogP contribution in [0, 0.1) is 10.8 Å². The molecule has 0 aromatic rings. The van der Waals surface area contributed by atoms with E-state index < -0.39 is 0 Å². The van der Waals surface area contributed by atoms with Crippen LogP contribution in [-0.4, -0.2) is 25.5 Å². The van der Waals surface area contributed by atoms with E-state index in [9.17, 15) is 4.79 Å². The highest BCUT2D eigenvalue weighted by Gasteiger charge is 2.37. The van der Waals surface area contributed by atoms with E-state index in [-0.39, 0.29) is 11.3 Å². The summed E-state index contributed by atoms with van der Waals surface area (Å²) >= 11 is 0. The molecule has 3 heteroatoms. The summed E-state index contributed by atoms with van der Waals surface area (Å²) in [5.74, 6) is 0.287. The number of nitrogens with one attached hydrogen (secondary N) is 2. The van der Waals surface area contributed by atoms with Crippen molar-refractivity contribution in [3.05, 3.63) is 0 Å². The SMILES string of the molecule is CC1(CNC(=O)C2(C)CCCC2)CCNCC1. The lowest BCUT2D eigenvalue weighted by Crippen LogP contribution is -2.46. The molecule has 2 aliphatic rings. The minimum Gasteiger partial charge on any atom is -0.355 e. The first-order valence-corrected chi connectivity index (χ1v) is 7.03. The van der Waals surface area contributed by atoms with Crippen LogP contribution < -0.4 is 10.6 Å². The van der Waals surface area contributed by atoms with Crippen LogP contribution in [0.3, 0.4) is 0 Å². The highest BCUT2D eigenvalue weighted by atomic mass is 16.2. The second kappa shape index (κ2) is 4.97. The first kappa shape index (κ1) is 12.9. The molecule has 0 atom stereocenters. The maximum Gasteiger partial charge on any atom is 0.225 e. The van der Waals surface area contributed by atoms with Crippen molar-refractivity contribution in [3.63, 3.8) is 0 Å². The van der Waals surface area contributed by atoms with Crippen molar-refractivity contribution in [3.8, 4) is 0 Å². The van der Waals surface area contributed by atoms with Crippen LogP contribution >= 0.6 is 0 Å². The normalized spacial score (nSPS) is 26.7. The summed E-state index contributed by atoms with van der Waals surface area (Å²) in [5, 5.41) is 6.59. The molecule has 0 spiro atoms. The quantitative estimate of drug-likeness (QED) is 0.790. The van der Waals surface area contributed by atoms with Gasteiger partial charge in [-0.25, -0.2) is 0 Å². The topological polar surface area (TPSA) is 41.1 Å². The van der Waals surface area contributed by atoms with E-state index in [0.29, 0.717) is 5.41 Å². The molecule has 1 saturated heterocycles. The van der Waals surface area contributed by atoms with E-state index in [1.807, 2.05) is 0 Å². The molecule has 0 unspecified atom stereocenters. The van der Waals surface area contributed by atoms with Crippen molar-refractivity contribution in [2.45, 2.75) is 52.4 Å². The maximum absolute atomic E-state index is 12.2. The molecule has 3 nitrogen and oxygen atoms in total. The Kier molecular flexibility index (Phi) is 3.76. The summed E-state index contributed by atoms with van der Waals surface area (Å²) in [6.45, 7) is 7.45. The van der Waals surface area contributed by atoms with E-state index >= 15 is 0 Å². The predicted octanol–water partition coefficient (Wildman–Crippen LogP) is 2.07. The van der Waals surface area contributed by atoms with Crippen LogP contribution in [0.5, 0.6) is 0 Å². The predicted molar refractivity (Wildman–Crippen MR) is 69.8 cm³/mol. The minimum atomic E-state index is -0.0801. The van der Waals surface area contributed by atoms with Gasteiger partial charge in [0.1, 0.15) is 0 Å². The van der Waals surface area contributed by atoms with Crippen molar-refractivity contribution in [1.29, 1.82) is 0 Å². The van der Waals surface area contributed by atoms with Crippen LogP contribution in [0.4, 0.5) is 0 Å². The number of rotatable bonds is 3. The molecule has 0 bridgehead atoms. The molecule has 1 saturated carbocycles. The summed E-state index contributed by atoms with van der Waals surface area (Å²) in [6, 6.07) is 0. The Balaban J connectivity index is 1.83. The van der Waals surface area contributed by atoms with Crippen molar-refractivity contribution in [2.75, 3.05) is 19.6 Å². The second-order valence-corrected chi connectivity index (χ2v) is 6.51. The zero-order valence-electron chi connectivity index (χ0n) is 11.3. The van der Waals surface area contributed by atoms with E-state index in [1.54, 1.807) is 0 Å². The number of piperidine rings is 1. The number of hydrogen-bond acceptors (Lipinski definition) is 2. The van der Waals surface area contributed by atoms with Crippen molar-refractivity contribution in [1.82, 2.24) is 10.6 Å². The van der Waals surface area contributed by atoms with Gasteiger partial charge in [-0.1, -0.05) is 26.7 Å². The maximum atomic E-state index is 12.2. The van der Waals surface area contributed by atoms with Crippen molar-refractivity contribution < 1.29 is 4.79 Å². The lowest BCUT2D eigenvalue weighted by atomic mass is 9.80. The van der Waals surface area contributed by atoms with Gasteiger partial charge in [-0.15, -0.1) is 0 Å². The number of hydrogen-bond donors (Lipinski definition) is 2. The van der Waals surface area contributed by atoms with Gasteiger partial charge >= 0.3 is 0 Å². The van der Waals surface area contributed by atoms with Gasteiger partial charge in [0.2, 0.25) is 5.91 Å². The lowest BCUT2D eigenvalue weighted by Gasteiger charge is -2.35. The van der Waals surface area contributed by atoms with Crippen LogP contribution in [0.1, 0.15) is 52.4 Å². The first-order chi connectivity index (χ1) is 8.04. The summed E-state index contributed by atoms with van der Waals surface area (Å²) in [7, 11) is 0. The van der Waals surface area contributed by atoms with Gasteiger partial charge in [0.05, 0.1) is 0 Å². The van der Waals surface area contributed by atoms with E-state index in [1.165, 1.54) is 25.7 Å². The molecular formula is C14H26N2O. The monoisotopic (exact) mass is 238 g/mol. The smallest absolute Gasteiger partial charge is 0.225 e. The Bertz CT molecular complexity index is 276. The van der Waals surface area contributed by atoms with Crippen LogP contribution in [0.2, 0.25) is 0 Å². The summed E-state index contributed by atoms with van der Waals surface area (Å²) in [4.78, 5) is 12.2. The molecule has 1 aliphatic carbocycles. The summed E-state index contributed by atoms with van der Waals surface area (Å²) < 4.78 is 0. The molecule has 2 rings (SSSR count). The average molecular weight is 238 g/mol. The summed E-state index contributed by atoms with van der Waals surface area (Å²) in [5.41, 5.74) is 0.221. The Morgan fingerprint density at radius 2 is 1.71 bits per heavy atom. The standard InChI is InChI=1S/C14H26N2O/c1-13(7-9-15-10-8-13)11-16-12(17)14(2)5-3-4-6-14/h15H,3-11H2,1-2H3,(H,16,17). The van der Waals surface area contributed by atoms with E-state index in [0.717, 1.165) is 32.5 Å². The van der Waals surface area contributed by atoms with Gasteiger partial charge in [0, 0.05) is 12.0 Å². The molecule has 1 amide bonds. The second-order valence-electron chi connectivity index (χ2n) is 6.51. The van der Waals surface area contributed by atoms with Crippen LogP contribution in [0.25, 0.3) is 0 Å². The Morgan fingerprint density at radius 1 is 1.12 bits per heavy atom. The third-order valence-electron chi connectivity index (χ3n) is 4.74. The van der Waals surface area contributed by atoms with Gasteiger partial charge in [-0.2, -0.15) is 0 Å². The molecule has 17 heavy (non-hydrogen) atoms. The summed E-state index contributed by atoms with van der Waals surface area (Å²) in [6.07, 6.45) is 6.90. The molecular weight excluding hydrogens is 212 g/mol. The molecule has 1 heterocycles. The zero-order chi connectivity index (χ0) is 12.4. The fourth-order valence-corrected chi connectivity index (χ4v) is 3.10. The van der Waals surface area contributed by atoms with Gasteiger partial charge in [0.15, 0.2) is 0 Å². The van der Waals surface area contributed by atoms with E-state index in [2.05, 4.69) is 24.5 Å². The molecule has 0 aromatic heterocycles. The molecule has 0 radical (unpaired) electrons. The molecule has 2 fully saturated rings. The third-order valence-corrected chi connectivity index (χ3v) is 4.74. The van der Waals surface area contributed by atoms with E-state index in [4.69, 9.17) is 0 Å². The first-order valence-electron chi connectivity index (χ1n) is 7.03. The Morgan fingerprint density at radius 3 is 2.29 bits per heavy atom. The highest BCUT2D eigenvalue weighted by molar-refractivity contribution is 5.82. The van der Waals surface area contributed by atoms with Gasteiger partial charge in [0.25, 0.3) is 0 Å². The van der Waals surface area contributed by atoms with Gasteiger partial charge < -0.3 is 10.6 Å². The fourth-order valence-electron chi connectivity index (χ4n) is 3.10. The fraction of sp³-hybridized carbons (Fsp3) is 0.929. The minimum absolute atomic E-state index is 0.0801. The number of carbonyl (C=O) groups excluding carboxylic acids is 1. The number of amides is 1. The lowest BCUT2D eigenvalue weighted by molar-refractivity contribution is -0.130. The Labute approximate surface area is 105 Å². The van der Waals surface area contributed by atoms with Crippen molar-refractivity contribution in [2.24, 2.45) is 10.8 Å². The van der Waals surface area contributed by atoms with Gasteiger partial charge in [-0.05, 0) is 44.2 Å². The number of carbonyl (C=O) groups is 1. The largest absolute Gasteiger partial charge is 0.355 e.